The van der Waals surface area contributed by atoms with Crippen LogP contribution in [0.4, 0.5) is 5.95 Å². The molecule has 0 atom stereocenters. The fourth-order valence-electron chi connectivity index (χ4n) is 2.17. The molecule has 0 amide bonds. The van der Waals surface area contributed by atoms with Crippen molar-refractivity contribution in [1.82, 2.24) is 24.9 Å². The topological polar surface area (TPSA) is 96.4 Å². The van der Waals surface area contributed by atoms with Gasteiger partial charge in [0.25, 0.3) is 5.56 Å². The second kappa shape index (κ2) is 6.78. The molecule has 23 heavy (non-hydrogen) atoms. The summed E-state index contributed by atoms with van der Waals surface area (Å²) in [6.07, 6.45) is 4.03. The first kappa shape index (κ1) is 14.8. The summed E-state index contributed by atoms with van der Waals surface area (Å²) in [5.74, 6) is 1.13. The standard InChI is InChI=1S/C16H16N6O/c1-11-20-12(10-15(23)21-11)5-8-18-16-19-9-6-14(22-16)13-4-2-3-7-17-13/h2-4,6-7,9-10H,5,8H2,1H3,(H,18,19,22)(H,20,21,23). The molecule has 116 valence electrons. The molecule has 0 radical (unpaired) electrons. The summed E-state index contributed by atoms with van der Waals surface area (Å²) in [5, 5.41) is 3.14. The van der Waals surface area contributed by atoms with Crippen LogP contribution >= 0.6 is 0 Å². The molecule has 7 nitrogen and oxygen atoms in total. The number of anilines is 1. The van der Waals surface area contributed by atoms with E-state index in [1.807, 2.05) is 24.3 Å². The van der Waals surface area contributed by atoms with E-state index in [0.717, 1.165) is 17.1 Å². The van der Waals surface area contributed by atoms with Crippen LogP contribution in [0.25, 0.3) is 11.4 Å². The zero-order chi connectivity index (χ0) is 16.1. The van der Waals surface area contributed by atoms with Crippen LogP contribution in [0.1, 0.15) is 11.5 Å². The lowest BCUT2D eigenvalue weighted by molar-refractivity contribution is 0.890. The Morgan fingerprint density at radius 3 is 2.78 bits per heavy atom. The third kappa shape index (κ3) is 3.97. The number of aromatic nitrogens is 5. The molecule has 3 rings (SSSR count). The fraction of sp³-hybridized carbons (Fsp3) is 0.188. The number of H-pyrrole nitrogens is 1. The van der Waals surface area contributed by atoms with Gasteiger partial charge in [-0.05, 0) is 25.1 Å². The molecule has 0 aromatic carbocycles. The zero-order valence-corrected chi connectivity index (χ0v) is 12.7. The van der Waals surface area contributed by atoms with E-state index in [-0.39, 0.29) is 5.56 Å². The van der Waals surface area contributed by atoms with Crippen LogP contribution in [0, 0.1) is 6.92 Å². The SMILES string of the molecule is Cc1nc(CCNc2nccc(-c3ccccn3)n2)cc(=O)[nH]1. The van der Waals surface area contributed by atoms with Crippen molar-refractivity contribution in [1.29, 1.82) is 0 Å². The first-order chi connectivity index (χ1) is 11.2. The van der Waals surface area contributed by atoms with E-state index < -0.39 is 0 Å². The average molecular weight is 308 g/mol. The lowest BCUT2D eigenvalue weighted by Gasteiger charge is -2.06. The van der Waals surface area contributed by atoms with E-state index in [1.165, 1.54) is 6.07 Å². The highest BCUT2D eigenvalue weighted by molar-refractivity contribution is 5.54. The monoisotopic (exact) mass is 308 g/mol. The lowest BCUT2D eigenvalue weighted by Crippen LogP contribution is -2.14. The van der Waals surface area contributed by atoms with Gasteiger partial charge in [0.2, 0.25) is 5.95 Å². The molecule has 0 fully saturated rings. The number of nitrogens with one attached hydrogen (secondary N) is 2. The summed E-state index contributed by atoms with van der Waals surface area (Å²) < 4.78 is 0. The minimum atomic E-state index is -0.138. The molecule has 7 heteroatoms. The summed E-state index contributed by atoms with van der Waals surface area (Å²) in [6.45, 7) is 2.35. The van der Waals surface area contributed by atoms with Crippen molar-refractivity contribution in [2.45, 2.75) is 13.3 Å². The fourth-order valence-corrected chi connectivity index (χ4v) is 2.17. The molecular formula is C16H16N6O. The predicted molar refractivity (Wildman–Crippen MR) is 87.1 cm³/mol. The average Bonchev–Trinajstić information content (AvgIpc) is 2.55. The highest BCUT2D eigenvalue weighted by Gasteiger charge is 2.03. The molecule has 3 heterocycles. The van der Waals surface area contributed by atoms with E-state index in [1.54, 1.807) is 19.3 Å². The van der Waals surface area contributed by atoms with Crippen molar-refractivity contribution < 1.29 is 0 Å². The van der Waals surface area contributed by atoms with Gasteiger partial charge < -0.3 is 10.3 Å². The number of aromatic amines is 1. The number of aryl methyl sites for hydroxylation is 1. The summed E-state index contributed by atoms with van der Waals surface area (Å²) in [5.41, 5.74) is 2.15. The van der Waals surface area contributed by atoms with Gasteiger partial charge in [-0.1, -0.05) is 6.07 Å². The maximum absolute atomic E-state index is 11.4. The number of hydrogen-bond donors (Lipinski definition) is 2. The van der Waals surface area contributed by atoms with Crippen molar-refractivity contribution in [3.63, 3.8) is 0 Å². The summed E-state index contributed by atoms with van der Waals surface area (Å²) >= 11 is 0. The van der Waals surface area contributed by atoms with Gasteiger partial charge in [-0.15, -0.1) is 0 Å². The quantitative estimate of drug-likeness (QED) is 0.743. The highest BCUT2D eigenvalue weighted by Crippen LogP contribution is 2.13. The summed E-state index contributed by atoms with van der Waals surface area (Å²) in [6, 6.07) is 8.99. The van der Waals surface area contributed by atoms with Gasteiger partial charge in [0.05, 0.1) is 11.4 Å². The Morgan fingerprint density at radius 2 is 2.00 bits per heavy atom. The van der Waals surface area contributed by atoms with Crippen molar-refractivity contribution in [3.8, 4) is 11.4 Å². The molecule has 0 saturated heterocycles. The van der Waals surface area contributed by atoms with E-state index in [2.05, 4.69) is 30.2 Å². The Morgan fingerprint density at radius 1 is 1.09 bits per heavy atom. The molecule has 0 aliphatic heterocycles. The second-order valence-electron chi connectivity index (χ2n) is 4.98. The number of rotatable bonds is 5. The Bertz CT molecular complexity index is 846. The van der Waals surface area contributed by atoms with E-state index in [4.69, 9.17) is 0 Å². The molecule has 0 aliphatic carbocycles. The van der Waals surface area contributed by atoms with Gasteiger partial charge in [0.1, 0.15) is 5.82 Å². The number of pyridine rings is 1. The first-order valence-corrected chi connectivity index (χ1v) is 7.26. The Kier molecular flexibility index (Phi) is 4.37. The Hall–Kier alpha value is -3.09. The minimum absolute atomic E-state index is 0.138. The molecule has 0 bridgehead atoms. The van der Waals surface area contributed by atoms with Gasteiger partial charge in [-0.2, -0.15) is 0 Å². The van der Waals surface area contributed by atoms with Crippen LogP contribution in [0.3, 0.4) is 0 Å². The Balaban J connectivity index is 1.66. The van der Waals surface area contributed by atoms with Crippen LogP contribution in [0.2, 0.25) is 0 Å². The minimum Gasteiger partial charge on any atom is -0.354 e. The second-order valence-corrected chi connectivity index (χ2v) is 4.98. The third-order valence-corrected chi connectivity index (χ3v) is 3.16. The summed E-state index contributed by atoms with van der Waals surface area (Å²) in [4.78, 5) is 31.2. The number of hydrogen-bond acceptors (Lipinski definition) is 6. The van der Waals surface area contributed by atoms with Gasteiger partial charge in [0, 0.05) is 37.1 Å². The molecule has 0 spiro atoms. The van der Waals surface area contributed by atoms with Gasteiger partial charge in [-0.25, -0.2) is 15.0 Å². The molecule has 2 N–H and O–H groups in total. The molecule has 0 unspecified atom stereocenters. The molecule has 3 aromatic rings. The van der Waals surface area contributed by atoms with Gasteiger partial charge >= 0.3 is 0 Å². The van der Waals surface area contributed by atoms with Crippen LogP contribution < -0.4 is 10.9 Å². The van der Waals surface area contributed by atoms with Crippen molar-refractivity contribution in [2.75, 3.05) is 11.9 Å². The highest BCUT2D eigenvalue weighted by atomic mass is 16.1. The van der Waals surface area contributed by atoms with Gasteiger partial charge in [-0.3, -0.25) is 9.78 Å². The van der Waals surface area contributed by atoms with E-state index in [9.17, 15) is 4.79 Å². The smallest absolute Gasteiger partial charge is 0.251 e. The van der Waals surface area contributed by atoms with Crippen LogP contribution in [-0.2, 0) is 6.42 Å². The van der Waals surface area contributed by atoms with Crippen LogP contribution in [0.15, 0.2) is 47.5 Å². The van der Waals surface area contributed by atoms with Crippen LogP contribution in [-0.4, -0.2) is 31.5 Å². The predicted octanol–water partition coefficient (Wildman–Crippen LogP) is 1.58. The van der Waals surface area contributed by atoms with Crippen molar-refractivity contribution >= 4 is 5.95 Å². The summed E-state index contributed by atoms with van der Waals surface area (Å²) in [7, 11) is 0. The van der Waals surface area contributed by atoms with Crippen molar-refractivity contribution in [3.05, 3.63) is 64.6 Å². The Labute approximate surface area is 132 Å². The van der Waals surface area contributed by atoms with E-state index in [0.29, 0.717) is 24.7 Å². The largest absolute Gasteiger partial charge is 0.354 e. The molecule has 3 aromatic heterocycles. The number of nitrogens with zero attached hydrogens (tertiary/aromatic N) is 4. The maximum Gasteiger partial charge on any atom is 0.251 e. The molecule has 0 aliphatic rings. The first-order valence-electron chi connectivity index (χ1n) is 7.26. The maximum atomic E-state index is 11.4. The van der Waals surface area contributed by atoms with Crippen LogP contribution in [0.5, 0.6) is 0 Å². The zero-order valence-electron chi connectivity index (χ0n) is 12.7. The molecular weight excluding hydrogens is 292 g/mol. The molecule has 0 saturated carbocycles. The lowest BCUT2D eigenvalue weighted by atomic mass is 10.2. The van der Waals surface area contributed by atoms with Gasteiger partial charge in [0.15, 0.2) is 0 Å². The third-order valence-electron chi connectivity index (χ3n) is 3.16. The van der Waals surface area contributed by atoms with E-state index >= 15 is 0 Å². The normalized spacial score (nSPS) is 10.5. The van der Waals surface area contributed by atoms with Crippen molar-refractivity contribution in [2.24, 2.45) is 0 Å².